The monoisotopic (exact) mass is 461 g/mol. The van der Waals surface area contributed by atoms with Gasteiger partial charge in [-0.1, -0.05) is 11.3 Å². The van der Waals surface area contributed by atoms with Crippen LogP contribution in [0.15, 0.2) is 42.7 Å². The molecule has 0 bridgehead atoms. The Kier molecular flexibility index (Phi) is 5.39. The van der Waals surface area contributed by atoms with Gasteiger partial charge in [0.2, 0.25) is 5.95 Å². The van der Waals surface area contributed by atoms with Crippen LogP contribution in [0, 0.1) is 5.92 Å². The predicted octanol–water partition coefficient (Wildman–Crippen LogP) is 3.23. The van der Waals surface area contributed by atoms with Gasteiger partial charge in [-0.05, 0) is 39.0 Å². The zero-order chi connectivity index (χ0) is 23.9. The van der Waals surface area contributed by atoms with Crippen molar-refractivity contribution in [2.24, 2.45) is 13.0 Å². The summed E-state index contributed by atoms with van der Waals surface area (Å²) in [6.07, 6.45) is 3.16. The third kappa shape index (κ3) is 4.54. The van der Waals surface area contributed by atoms with Crippen molar-refractivity contribution in [3.05, 3.63) is 42.7 Å². The SMILES string of the molecule is Cn1nccc1Nc1nccc(-c2ccc3c(c2)nnn3CC2CN(C(=O)OC(C)(C)C)C2)n1. The van der Waals surface area contributed by atoms with Gasteiger partial charge in [-0.2, -0.15) is 5.10 Å². The van der Waals surface area contributed by atoms with Crippen molar-refractivity contribution in [2.45, 2.75) is 32.9 Å². The number of aryl methyl sites for hydroxylation is 1. The molecule has 1 aliphatic rings. The van der Waals surface area contributed by atoms with E-state index in [4.69, 9.17) is 4.74 Å². The fraction of sp³-hybridized carbons (Fsp3) is 0.391. The van der Waals surface area contributed by atoms with Gasteiger partial charge in [0.1, 0.15) is 16.9 Å². The molecule has 176 valence electrons. The number of fused-ring (bicyclic) bond motifs is 1. The molecule has 34 heavy (non-hydrogen) atoms. The molecule has 1 aromatic carbocycles. The maximum atomic E-state index is 12.2. The Bertz CT molecular complexity index is 1330. The number of hydrogen-bond donors (Lipinski definition) is 1. The minimum Gasteiger partial charge on any atom is -0.444 e. The van der Waals surface area contributed by atoms with Crippen LogP contribution in [-0.2, 0) is 18.3 Å². The molecule has 0 unspecified atom stereocenters. The number of aromatic nitrogens is 7. The Hall–Kier alpha value is -4.02. The number of anilines is 2. The molecule has 0 atom stereocenters. The highest BCUT2D eigenvalue weighted by Crippen LogP contribution is 2.25. The summed E-state index contributed by atoms with van der Waals surface area (Å²) < 4.78 is 9.04. The number of nitrogens with one attached hydrogen (secondary N) is 1. The largest absolute Gasteiger partial charge is 0.444 e. The molecule has 0 aliphatic carbocycles. The Morgan fingerprint density at radius 1 is 1.18 bits per heavy atom. The molecule has 0 saturated carbocycles. The van der Waals surface area contributed by atoms with E-state index in [-0.39, 0.29) is 6.09 Å². The first-order chi connectivity index (χ1) is 16.2. The van der Waals surface area contributed by atoms with E-state index < -0.39 is 5.60 Å². The van der Waals surface area contributed by atoms with Crippen molar-refractivity contribution in [3.63, 3.8) is 0 Å². The van der Waals surface area contributed by atoms with Gasteiger partial charge in [-0.3, -0.25) is 4.68 Å². The maximum absolute atomic E-state index is 12.2. The number of nitrogens with zero attached hydrogens (tertiary/aromatic N) is 8. The molecule has 3 aromatic heterocycles. The fourth-order valence-corrected chi connectivity index (χ4v) is 3.86. The summed E-state index contributed by atoms with van der Waals surface area (Å²) in [5, 5.41) is 16.0. The number of ether oxygens (including phenoxy) is 1. The molecule has 0 spiro atoms. The van der Waals surface area contributed by atoms with Crippen LogP contribution < -0.4 is 5.32 Å². The minimum absolute atomic E-state index is 0.265. The van der Waals surface area contributed by atoms with Crippen LogP contribution in [0.1, 0.15) is 20.8 Å². The Morgan fingerprint density at radius 2 is 2.00 bits per heavy atom. The summed E-state index contributed by atoms with van der Waals surface area (Å²) in [5.41, 5.74) is 2.96. The highest BCUT2D eigenvalue weighted by Gasteiger charge is 2.34. The van der Waals surface area contributed by atoms with E-state index in [9.17, 15) is 4.79 Å². The second kappa shape index (κ2) is 8.40. The van der Waals surface area contributed by atoms with Gasteiger partial charge in [-0.25, -0.2) is 19.4 Å². The van der Waals surface area contributed by atoms with E-state index in [1.165, 1.54) is 0 Å². The van der Waals surface area contributed by atoms with Crippen molar-refractivity contribution in [2.75, 3.05) is 18.4 Å². The van der Waals surface area contributed by atoms with Gasteiger partial charge < -0.3 is 15.0 Å². The van der Waals surface area contributed by atoms with Crippen LogP contribution in [0.5, 0.6) is 0 Å². The molecule has 11 nitrogen and oxygen atoms in total. The second-order valence-corrected chi connectivity index (χ2v) is 9.46. The number of carbonyl (C=O) groups excluding carboxylic acids is 1. The normalized spacial score (nSPS) is 14.3. The summed E-state index contributed by atoms with van der Waals surface area (Å²) >= 11 is 0. The molecule has 4 aromatic rings. The maximum Gasteiger partial charge on any atom is 0.410 e. The number of amides is 1. The van der Waals surface area contributed by atoms with Gasteiger partial charge in [-0.15, -0.1) is 5.10 Å². The van der Waals surface area contributed by atoms with Crippen LogP contribution in [0.4, 0.5) is 16.6 Å². The fourth-order valence-electron chi connectivity index (χ4n) is 3.86. The molecule has 4 heterocycles. The van der Waals surface area contributed by atoms with Gasteiger partial charge >= 0.3 is 6.09 Å². The lowest BCUT2D eigenvalue weighted by Gasteiger charge is -2.39. The number of carbonyl (C=O) groups is 1. The molecular formula is C23H27N9O2. The average molecular weight is 462 g/mol. The lowest BCUT2D eigenvalue weighted by molar-refractivity contribution is -0.00371. The van der Waals surface area contributed by atoms with Crippen molar-refractivity contribution in [1.29, 1.82) is 0 Å². The van der Waals surface area contributed by atoms with Crippen molar-refractivity contribution in [1.82, 2.24) is 39.6 Å². The van der Waals surface area contributed by atoms with Crippen LogP contribution in [0.25, 0.3) is 22.3 Å². The Morgan fingerprint density at radius 3 is 2.74 bits per heavy atom. The van der Waals surface area contributed by atoms with Crippen molar-refractivity contribution >= 4 is 28.9 Å². The lowest BCUT2D eigenvalue weighted by atomic mass is 10.0. The minimum atomic E-state index is -0.485. The van der Waals surface area contributed by atoms with Crippen molar-refractivity contribution in [3.8, 4) is 11.3 Å². The second-order valence-electron chi connectivity index (χ2n) is 9.46. The van der Waals surface area contributed by atoms with Gasteiger partial charge in [0.25, 0.3) is 0 Å². The van der Waals surface area contributed by atoms with E-state index in [1.807, 2.05) is 62.8 Å². The van der Waals surface area contributed by atoms with E-state index >= 15 is 0 Å². The van der Waals surface area contributed by atoms with E-state index in [2.05, 4.69) is 30.7 Å². The van der Waals surface area contributed by atoms with Gasteiger partial charge in [0, 0.05) is 50.4 Å². The third-order valence-electron chi connectivity index (χ3n) is 5.57. The molecule has 1 fully saturated rings. The smallest absolute Gasteiger partial charge is 0.410 e. The van der Waals surface area contributed by atoms with Crippen LogP contribution in [-0.4, -0.2) is 64.4 Å². The molecule has 1 N–H and O–H groups in total. The highest BCUT2D eigenvalue weighted by molar-refractivity contribution is 5.80. The zero-order valence-electron chi connectivity index (χ0n) is 19.6. The molecular weight excluding hydrogens is 434 g/mol. The number of likely N-dealkylation sites (tertiary alicyclic amines) is 1. The molecule has 11 heteroatoms. The summed E-state index contributed by atoms with van der Waals surface area (Å²) in [7, 11) is 1.85. The number of hydrogen-bond acceptors (Lipinski definition) is 8. The highest BCUT2D eigenvalue weighted by atomic mass is 16.6. The van der Waals surface area contributed by atoms with Crippen LogP contribution >= 0.6 is 0 Å². The number of benzene rings is 1. The lowest BCUT2D eigenvalue weighted by Crippen LogP contribution is -2.52. The van der Waals surface area contributed by atoms with Crippen LogP contribution in [0.3, 0.4) is 0 Å². The molecule has 1 saturated heterocycles. The first-order valence-electron chi connectivity index (χ1n) is 11.1. The van der Waals surface area contributed by atoms with Gasteiger partial charge in [0.15, 0.2) is 0 Å². The summed E-state index contributed by atoms with van der Waals surface area (Å²) in [6, 6.07) is 9.70. The van der Waals surface area contributed by atoms with E-state index in [1.54, 1.807) is 22.0 Å². The zero-order valence-corrected chi connectivity index (χ0v) is 19.6. The Balaban J connectivity index is 1.26. The quantitative estimate of drug-likeness (QED) is 0.482. The molecule has 1 amide bonds. The molecule has 0 radical (unpaired) electrons. The predicted molar refractivity (Wildman–Crippen MR) is 126 cm³/mol. The Labute approximate surface area is 196 Å². The van der Waals surface area contributed by atoms with Gasteiger partial charge in [0.05, 0.1) is 17.4 Å². The summed E-state index contributed by atoms with van der Waals surface area (Å²) in [5.74, 6) is 1.61. The third-order valence-corrected chi connectivity index (χ3v) is 5.57. The number of rotatable bonds is 5. The molecule has 1 aliphatic heterocycles. The van der Waals surface area contributed by atoms with E-state index in [0.29, 0.717) is 31.5 Å². The first-order valence-corrected chi connectivity index (χ1v) is 11.1. The van der Waals surface area contributed by atoms with Crippen LogP contribution in [0.2, 0.25) is 0 Å². The average Bonchev–Trinajstić information content (AvgIpc) is 3.34. The first kappa shape index (κ1) is 21.8. The molecule has 5 rings (SSSR count). The van der Waals surface area contributed by atoms with Crippen molar-refractivity contribution < 1.29 is 9.53 Å². The van der Waals surface area contributed by atoms with E-state index in [0.717, 1.165) is 28.1 Å². The topological polar surface area (TPSA) is 116 Å². The summed E-state index contributed by atoms with van der Waals surface area (Å²) in [4.78, 5) is 22.8. The standard InChI is InChI=1S/C23H27N9O2/c1-23(2,3)34-22(33)31-12-15(13-31)14-32-19-6-5-16(11-18(19)28-29-32)17-7-9-24-21(26-17)27-20-8-10-25-30(20)4/h5-11,15H,12-14H2,1-4H3,(H,24,26,27). The summed E-state index contributed by atoms with van der Waals surface area (Å²) in [6.45, 7) is 7.62.